The summed E-state index contributed by atoms with van der Waals surface area (Å²) in [6, 6.07) is 7.76. The molecule has 1 aromatic heterocycles. The lowest BCUT2D eigenvalue weighted by Gasteiger charge is -2.17. The van der Waals surface area contributed by atoms with E-state index in [1.54, 1.807) is 18.4 Å². The highest BCUT2D eigenvalue weighted by Gasteiger charge is 2.18. The molecule has 18 heavy (non-hydrogen) atoms. The number of ether oxygens (including phenoxy) is 1. The summed E-state index contributed by atoms with van der Waals surface area (Å²) in [6.45, 7) is 1.97. The average Bonchev–Trinajstić information content (AvgIpc) is 2.83. The predicted molar refractivity (Wildman–Crippen MR) is 76.2 cm³/mol. The maximum absolute atomic E-state index is 6.15. The van der Waals surface area contributed by atoms with E-state index in [0.29, 0.717) is 0 Å². The number of nitrogens with one attached hydrogen (secondary N) is 1. The molecule has 1 atom stereocenters. The Balaban J connectivity index is 2.42. The third-order valence-corrected chi connectivity index (χ3v) is 4.21. The Bertz CT molecular complexity index is 542. The van der Waals surface area contributed by atoms with Crippen LogP contribution in [-0.4, -0.2) is 7.11 Å². The van der Waals surface area contributed by atoms with Gasteiger partial charge < -0.3 is 4.74 Å². The van der Waals surface area contributed by atoms with Gasteiger partial charge in [0.25, 0.3) is 0 Å². The van der Waals surface area contributed by atoms with E-state index in [1.807, 2.05) is 36.6 Å². The molecule has 0 aliphatic heterocycles. The number of methoxy groups -OCH3 is 1. The van der Waals surface area contributed by atoms with Gasteiger partial charge in [-0.2, -0.15) is 0 Å². The summed E-state index contributed by atoms with van der Waals surface area (Å²) in [6.07, 6.45) is 0. The number of nitrogens with two attached hydrogens (primary N) is 1. The second-order valence-corrected chi connectivity index (χ2v) is 5.32. The van der Waals surface area contributed by atoms with E-state index < -0.39 is 0 Å². The minimum absolute atomic E-state index is 0.113. The number of hydrogen-bond acceptors (Lipinski definition) is 4. The van der Waals surface area contributed by atoms with Gasteiger partial charge in [0.2, 0.25) is 0 Å². The Morgan fingerprint density at radius 3 is 2.78 bits per heavy atom. The molecule has 0 aliphatic rings. The summed E-state index contributed by atoms with van der Waals surface area (Å²) < 4.78 is 5.33. The SMILES string of the molecule is COc1ccsc1C(NN)c1ccc(C)c(Cl)c1. The van der Waals surface area contributed by atoms with Crippen molar-refractivity contribution >= 4 is 22.9 Å². The predicted octanol–water partition coefficient (Wildman–Crippen LogP) is 3.27. The molecule has 1 unspecified atom stereocenters. The van der Waals surface area contributed by atoms with Crippen LogP contribution in [0.25, 0.3) is 0 Å². The Morgan fingerprint density at radius 1 is 1.39 bits per heavy atom. The standard InChI is InChI=1S/C13H15ClN2OS/c1-8-3-4-9(7-10(8)14)12(16-15)13-11(17-2)5-6-18-13/h3-7,12,16H,15H2,1-2H3. The van der Waals surface area contributed by atoms with Crippen LogP contribution in [-0.2, 0) is 0 Å². The van der Waals surface area contributed by atoms with Crippen LogP contribution >= 0.6 is 22.9 Å². The van der Waals surface area contributed by atoms with Crippen molar-refractivity contribution in [1.82, 2.24) is 5.43 Å². The van der Waals surface area contributed by atoms with Crippen LogP contribution in [0.4, 0.5) is 0 Å². The van der Waals surface area contributed by atoms with Crippen LogP contribution in [0.1, 0.15) is 22.0 Å². The van der Waals surface area contributed by atoms with Gasteiger partial charge in [-0.25, -0.2) is 5.43 Å². The second kappa shape index (κ2) is 5.71. The fourth-order valence-electron chi connectivity index (χ4n) is 1.80. The highest BCUT2D eigenvalue weighted by atomic mass is 35.5. The molecular weight excluding hydrogens is 268 g/mol. The summed E-state index contributed by atoms with van der Waals surface area (Å²) in [5.41, 5.74) is 4.89. The Labute approximate surface area is 116 Å². The summed E-state index contributed by atoms with van der Waals surface area (Å²) in [5, 5.41) is 2.72. The first-order valence-electron chi connectivity index (χ1n) is 5.51. The second-order valence-electron chi connectivity index (χ2n) is 3.96. The topological polar surface area (TPSA) is 47.3 Å². The monoisotopic (exact) mass is 282 g/mol. The summed E-state index contributed by atoms with van der Waals surface area (Å²) in [5.74, 6) is 6.50. The van der Waals surface area contributed by atoms with Gasteiger partial charge in [0, 0.05) is 5.02 Å². The van der Waals surface area contributed by atoms with Crippen LogP contribution in [0.2, 0.25) is 5.02 Å². The fraction of sp³-hybridized carbons (Fsp3) is 0.231. The normalized spacial score (nSPS) is 12.4. The quantitative estimate of drug-likeness (QED) is 0.668. The van der Waals surface area contributed by atoms with Crippen LogP contribution in [0.3, 0.4) is 0 Å². The first kappa shape index (κ1) is 13.4. The smallest absolute Gasteiger partial charge is 0.134 e. The molecule has 1 heterocycles. The maximum atomic E-state index is 6.15. The Hall–Kier alpha value is -1.07. The molecule has 0 saturated heterocycles. The Morgan fingerprint density at radius 2 is 2.17 bits per heavy atom. The number of aryl methyl sites for hydroxylation is 1. The first-order chi connectivity index (χ1) is 8.67. The van der Waals surface area contributed by atoms with E-state index in [0.717, 1.165) is 26.8 Å². The van der Waals surface area contributed by atoms with E-state index >= 15 is 0 Å². The van der Waals surface area contributed by atoms with Crippen LogP contribution in [0, 0.1) is 6.92 Å². The van der Waals surface area contributed by atoms with E-state index in [1.165, 1.54) is 0 Å². The molecule has 0 spiro atoms. The van der Waals surface area contributed by atoms with Gasteiger partial charge in [-0.1, -0.05) is 23.7 Å². The van der Waals surface area contributed by atoms with E-state index in [2.05, 4.69) is 5.43 Å². The van der Waals surface area contributed by atoms with E-state index in [9.17, 15) is 0 Å². The molecule has 3 N–H and O–H groups in total. The number of benzene rings is 1. The third kappa shape index (κ3) is 2.52. The highest BCUT2D eigenvalue weighted by Crippen LogP contribution is 2.35. The van der Waals surface area contributed by atoms with Crippen molar-refractivity contribution in [2.45, 2.75) is 13.0 Å². The lowest BCUT2D eigenvalue weighted by molar-refractivity contribution is 0.408. The summed E-state index contributed by atoms with van der Waals surface area (Å²) in [7, 11) is 1.65. The lowest BCUT2D eigenvalue weighted by atomic mass is 10.0. The maximum Gasteiger partial charge on any atom is 0.134 e. The van der Waals surface area contributed by atoms with Gasteiger partial charge in [-0.05, 0) is 35.6 Å². The molecule has 0 amide bonds. The molecular formula is C13H15ClN2OS. The summed E-state index contributed by atoms with van der Waals surface area (Å²) >= 11 is 7.75. The first-order valence-corrected chi connectivity index (χ1v) is 6.76. The van der Waals surface area contributed by atoms with Gasteiger partial charge in [-0.15, -0.1) is 11.3 Å². The fourth-order valence-corrected chi connectivity index (χ4v) is 2.94. The van der Waals surface area contributed by atoms with Crippen molar-refractivity contribution in [3.63, 3.8) is 0 Å². The van der Waals surface area contributed by atoms with E-state index in [-0.39, 0.29) is 6.04 Å². The number of rotatable bonds is 4. The zero-order chi connectivity index (χ0) is 13.1. The Kier molecular flexibility index (Phi) is 4.24. The van der Waals surface area contributed by atoms with Crippen molar-refractivity contribution in [2.24, 2.45) is 5.84 Å². The summed E-state index contributed by atoms with van der Waals surface area (Å²) in [4.78, 5) is 1.04. The molecule has 2 aromatic rings. The molecule has 0 radical (unpaired) electrons. The van der Waals surface area contributed by atoms with Gasteiger partial charge in [0.05, 0.1) is 18.0 Å². The molecule has 0 aliphatic carbocycles. The van der Waals surface area contributed by atoms with Crippen molar-refractivity contribution < 1.29 is 4.74 Å². The molecule has 96 valence electrons. The molecule has 0 fully saturated rings. The van der Waals surface area contributed by atoms with Crippen LogP contribution < -0.4 is 16.0 Å². The molecule has 3 nitrogen and oxygen atoms in total. The molecule has 2 rings (SSSR count). The molecule has 5 heteroatoms. The molecule has 1 aromatic carbocycles. The van der Waals surface area contributed by atoms with Gasteiger partial charge in [-0.3, -0.25) is 5.84 Å². The number of hydrogen-bond donors (Lipinski definition) is 2. The van der Waals surface area contributed by atoms with Crippen molar-refractivity contribution in [2.75, 3.05) is 7.11 Å². The molecule has 0 bridgehead atoms. The minimum Gasteiger partial charge on any atom is -0.496 e. The van der Waals surface area contributed by atoms with E-state index in [4.69, 9.17) is 22.2 Å². The van der Waals surface area contributed by atoms with Crippen LogP contribution in [0.5, 0.6) is 5.75 Å². The van der Waals surface area contributed by atoms with Crippen molar-refractivity contribution in [1.29, 1.82) is 0 Å². The van der Waals surface area contributed by atoms with Crippen molar-refractivity contribution in [3.05, 3.63) is 50.7 Å². The zero-order valence-electron chi connectivity index (χ0n) is 10.2. The zero-order valence-corrected chi connectivity index (χ0v) is 11.8. The number of hydrazine groups is 1. The third-order valence-electron chi connectivity index (χ3n) is 2.84. The van der Waals surface area contributed by atoms with Gasteiger partial charge in [0.1, 0.15) is 5.75 Å². The lowest BCUT2D eigenvalue weighted by Crippen LogP contribution is -2.28. The highest BCUT2D eigenvalue weighted by molar-refractivity contribution is 7.10. The number of halogens is 1. The molecule has 0 saturated carbocycles. The number of thiophene rings is 1. The largest absolute Gasteiger partial charge is 0.496 e. The van der Waals surface area contributed by atoms with Gasteiger partial charge >= 0.3 is 0 Å². The van der Waals surface area contributed by atoms with Gasteiger partial charge in [0.15, 0.2) is 0 Å². The van der Waals surface area contributed by atoms with Crippen molar-refractivity contribution in [3.8, 4) is 5.75 Å². The van der Waals surface area contributed by atoms with Crippen LogP contribution in [0.15, 0.2) is 29.6 Å². The average molecular weight is 283 g/mol. The minimum atomic E-state index is -0.113.